The van der Waals surface area contributed by atoms with Gasteiger partial charge in [-0.3, -0.25) is 9.59 Å². The summed E-state index contributed by atoms with van der Waals surface area (Å²) in [6, 6.07) is 21.5. The largest absolute Gasteiger partial charge is 0.484 e. The van der Waals surface area contributed by atoms with E-state index < -0.39 is 17.8 Å². The second-order valence-electron chi connectivity index (χ2n) is 8.21. The molecule has 5 nitrogen and oxygen atoms in total. The second kappa shape index (κ2) is 13.5. The van der Waals surface area contributed by atoms with E-state index in [1.807, 2.05) is 37.3 Å². The molecule has 0 spiro atoms. The number of hydrogen-bond acceptors (Lipinski definition) is 3. The Kier molecular flexibility index (Phi) is 10.1. The maximum absolute atomic E-state index is 14.6. The molecule has 0 radical (unpaired) electrons. The zero-order chi connectivity index (χ0) is 25.0. The van der Waals surface area contributed by atoms with Crippen molar-refractivity contribution in [2.24, 2.45) is 0 Å². The third-order valence-electron chi connectivity index (χ3n) is 5.58. The highest BCUT2D eigenvalue weighted by atomic mass is 35.5. The van der Waals surface area contributed by atoms with E-state index in [0.717, 1.165) is 18.4 Å². The van der Waals surface area contributed by atoms with Crippen LogP contribution < -0.4 is 10.1 Å². The number of unbranched alkanes of at least 4 members (excludes halogenated alkanes) is 1. The molecule has 2 amide bonds. The molecule has 0 saturated carbocycles. The molecule has 3 aromatic carbocycles. The maximum atomic E-state index is 14.6. The van der Waals surface area contributed by atoms with Gasteiger partial charge in [-0.2, -0.15) is 0 Å². The first-order chi connectivity index (χ1) is 17.0. The van der Waals surface area contributed by atoms with Gasteiger partial charge in [0, 0.05) is 30.1 Å². The molecule has 7 heteroatoms. The van der Waals surface area contributed by atoms with E-state index >= 15 is 0 Å². The van der Waals surface area contributed by atoms with Gasteiger partial charge in [-0.25, -0.2) is 4.39 Å². The third kappa shape index (κ3) is 8.11. The lowest BCUT2D eigenvalue weighted by atomic mass is 10.0. The average Bonchev–Trinajstić information content (AvgIpc) is 2.87. The Balaban J connectivity index is 1.88. The predicted octanol–water partition coefficient (Wildman–Crippen LogP) is 5.41. The Morgan fingerprint density at radius 2 is 1.69 bits per heavy atom. The minimum absolute atomic E-state index is 0.0613. The topological polar surface area (TPSA) is 58.6 Å². The Morgan fingerprint density at radius 1 is 1.00 bits per heavy atom. The van der Waals surface area contributed by atoms with Gasteiger partial charge in [0.1, 0.15) is 17.6 Å². The van der Waals surface area contributed by atoms with Gasteiger partial charge >= 0.3 is 0 Å². The van der Waals surface area contributed by atoms with Crippen LogP contribution in [0.2, 0.25) is 5.02 Å². The molecule has 0 aliphatic carbocycles. The fourth-order valence-electron chi connectivity index (χ4n) is 3.63. The minimum Gasteiger partial charge on any atom is -0.484 e. The fraction of sp³-hybridized carbons (Fsp3) is 0.286. The molecule has 3 rings (SSSR count). The van der Waals surface area contributed by atoms with Crippen molar-refractivity contribution in [1.29, 1.82) is 0 Å². The monoisotopic (exact) mass is 496 g/mol. The third-order valence-corrected chi connectivity index (χ3v) is 5.83. The molecule has 3 aromatic rings. The number of rotatable bonds is 12. The summed E-state index contributed by atoms with van der Waals surface area (Å²) in [5, 5.41) is 3.49. The molecule has 0 aliphatic rings. The highest BCUT2D eigenvalue weighted by molar-refractivity contribution is 6.30. The molecule has 0 heterocycles. The molecule has 1 N–H and O–H groups in total. The van der Waals surface area contributed by atoms with E-state index in [1.54, 1.807) is 42.5 Å². The number of hydrogen-bond donors (Lipinski definition) is 1. The minimum atomic E-state index is -0.838. The standard InChI is InChI=1S/C28H30ClFN2O3/c1-2-3-17-31-28(34)26(18-21-9-5-4-6-10-21)32(19-22-11-7-8-12-25(22)30)27(33)20-35-24-15-13-23(29)14-16-24/h4-16,26H,2-3,17-20H2,1H3,(H,31,34)/t26-/m1/s1. The van der Waals surface area contributed by atoms with Gasteiger partial charge in [-0.15, -0.1) is 0 Å². The summed E-state index contributed by atoms with van der Waals surface area (Å²) in [6.45, 7) is 2.18. The zero-order valence-electron chi connectivity index (χ0n) is 19.8. The lowest BCUT2D eigenvalue weighted by molar-refractivity contribution is -0.142. The average molecular weight is 497 g/mol. The first-order valence-electron chi connectivity index (χ1n) is 11.7. The van der Waals surface area contributed by atoms with E-state index in [2.05, 4.69) is 5.32 Å². The van der Waals surface area contributed by atoms with Crippen LogP contribution in [0.25, 0.3) is 0 Å². The lowest BCUT2D eigenvalue weighted by Crippen LogP contribution is -2.52. The van der Waals surface area contributed by atoms with Crippen molar-refractivity contribution >= 4 is 23.4 Å². The van der Waals surface area contributed by atoms with Gasteiger partial charge in [-0.05, 0) is 42.3 Å². The van der Waals surface area contributed by atoms with Crippen LogP contribution in [0.15, 0.2) is 78.9 Å². The number of benzene rings is 3. The van der Waals surface area contributed by atoms with Crippen LogP contribution >= 0.6 is 11.6 Å². The predicted molar refractivity (Wildman–Crippen MR) is 136 cm³/mol. The van der Waals surface area contributed by atoms with Gasteiger partial charge < -0.3 is 15.0 Å². The van der Waals surface area contributed by atoms with Crippen molar-refractivity contribution in [2.75, 3.05) is 13.2 Å². The van der Waals surface area contributed by atoms with Crippen molar-refractivity contribution in [3.05, 3.63) is 101 Å². The Hall–Kier alpha value is -3.38. The molecule has 1 atom stereocenters. The van der Waals surface area contributed by atoms with Gasteiger partial charge in [0.25, 0.3) is 5.91 Å². The van der Waals surface area contributed by atoms with Gasteiger partial charge in [-0.1, -0.05) is 73.5 Å². The number of halogens is 2. The van der Waals surface area contributed by atoms with Crippen LogP contribution in [0, 0.1) is 5.82 Å². The number of carbonyl (C=O) groups excluding carboxylic acids is 2. The van der Waals surface area contributed by atoms with E-state index in [9.17, 15) is 14.0 Å². The molecule has 0 aromatic heterocycles. The molecular weight excluding hydrogens is 467 g/mol. The van der Waals surface area contributed by atoms with Crippen LogP contribution in [0.4, 0.5) is 4.39 Å². The first-order valence-corrected chi connectivity index (χ1v) is 12.1. The highest BCUT2D eigenvalue weighted by Gasteiger charge is 2.31. The van der Waals surface area contributed by atoms with Crippen molar-refractivity contribution in [3.8, 4) is 5.75 Å². The Morgan fingerprint density at radius 3 is 2.37 bits per heavy atom. The van der Waals surface area contributed by atoms with Crippen LogP contribution in [-0.2, 0) is 22.6 Å². The maximum Gasteiger partial charge on any atom is 0.261 e. The number of nitrogens with one attached hydrogen (secondary N) is 1. The molecule has 0 aliphatic heterocycles. The zero-order valence-corrected chi connectivity index (χ0v) is 20.5. The summed E-state index contributed by atoms with van der Waals surface area (Å²) in [4.78, 5) is 28.1. The van der Waals surface area contributed by atoms with Crippen molar-refractivity contribution in [2.45, 2.75) is 38.8 Å². The molecule has 0 saturated heterocycles. The van der Waals surface area contributed by atoms with Crippen LogP contribution in [0.3, 0.4) is 0 Å². The summed E-state index contributed by atoms with van der Waals surface area (Å²) < 4.78 is 20.2. The SMILES string of the molecule is CCCCNC(=O)[C@@H](Cc1ccccc1)N(Cc1ccccc1F)C(=O)COc1ccc(Cl)cc1. The summed E-state index contributed by atoms with van der Waals surface area (Å²) in [5.41, 5.74) is 1.22. The fourth-order valence-corrected chi connectivity index (χ4v) is 3.76. The number of carbonyl (C=O) groups is 2. The molecule has 35 heavy (non-hydrogen) atoms. The first kappa shape index (κ1) is 26.2. The number of nitrogens with zero attached hydrogens (tertiary/aromatic N) is 1. The van der Waals surface area contributed by atoms with Gasteiger partial charge in [0.2, 0.25) is 5.91 Å². The second-order valence-corrected chi connectivity index (χ2v) is 8.64. The number of ether oxygens (including phenoxy) is 1. The van der Waals surface area contributed by atoms with Crippen LogP contribution in [-0.4, -0.2) is 35.9 Å². The van der Waals surface area contributed by atoms with E-state index in [0.29, 0.717) is 29.3 Å². The summed E-state index contributed by atoms with van der Waals surface area (Å²) >= 11 is 5.92. The summed E-state index contributed by atoms with van der Waals surface area (Å²) in [6.07, 6.45) is 2.04. The highest BCUT2D eigenvalue weighted by Crippen LogP contribution is 2.19. The van der Waals surface area contributed by atoms with Gasteiger partial charge in [0.15, 0.2) is 6.61 Å². The summed E-state index contributed by atoms with van der Waals surface area (Å²) in [7, 11) is 0. The van der Waals surface area contributed by atoms with Crippen LogP contribution in [0.5, 0.6) is 5.75 Å². The normalized spacial score (nSPS) is 11.5. The van der Waals surface area contributed by atoms with Crippen molar-refractivity contribution < 1.29 is 18.7 Å². The lowest BCUT2D eigenvalue weighted by Gasteiger charge is -2.31. The van der Waals surface area contributed by atoms with Gasteiger partial charge in [0.05, 0.1) is 0 Å². The number of amides is 2. The van der Waals surface area contributed by atoms with E-state index in [4.69, 9.17) is 16.3 Å². The molecule has 184 valence electrons. The molecule has 0 bridgehead atoms. The Bertz CT molecular complexity index is 1090. The molecular formula is C28H30ClFN2O3. The van der Waals surface area contributed by atoms with E-state index in [1.165, 1.54) is 11.0 Å². The van der Waals surface area contributed by atoms with Crippen molar-refractivity contribution in [3.63, 3.8) is 0 Å². The smallest absolute Gasteiger partial charge is 0.261 e. The molecule has 0 fully saturated rings. The summed E-state index contributed by atoms with van der Waals surface area (Å²) in [5.74, 6) is -0.664. The van der Waals surface area contributed by atoms with Crippen molar-refractivity contribution in [1.82, 2.24) is 10.2 Å². The molecule has 0 unspecified atom stereocenters. The Labute approximate surface area is 210 Å². The quantitative estimate of drug-likeness (QED) is 0.341. The van der Waals surface area contributed by atoms with E-state index in [-0.39, 0.29) is 19.1 Å². The van der Waals surface area contributed by atoms with Crippen LogP contribution in [0.1, 0.15) is 30.9 Å².